The molecule has 0 aromatic rings. The highest BCUT2D eigenvalue weighted by Gasteiger charge is 2.29. The van der Waals surface area contributed by atoms with Crippen LogP contribution in [0, 0.1) is 11.8 Å². The van der Waals surface area contributed by atoms with Gasteiger partial charge in [-0.25, -0.2) is 0 Å². The normalized spacial score (nSPS) is 28.5. The van der Waals surface area contributed by atoms with Crippen LogP contribution in [0.1, 0.15) is 33.1 Å². The molecule has 17 heavy (non-hydrogen) atoms. The van der Waals surface area contributed by atoms with Gasteiger partial charge in [0.05, 0.1) is 6.10 Å². The van der Waals surface area contributed by atoms with E-state index in [0.29, 0.717) is 12.0 Å². The van der Waals surface area contributed by atoms with Crippen molar-refractivity contribution in [1.29, 1.82) is 0 Å². The van der Waals surface area contributed by atoms with Crippen LogP contribution in [-0.2, 0) is 9.53 Å². The number of carbonyl (C=O) groups excluding carboxylic acids is 1. The summed E-state index contributed by atoms with van der Waals surface area (Å²) in [6.45, 7) is 6.95. The van der Waals surface area contributed by atoms with Crippen LogP contribution in [0.15, 0.2) is 0 Å². The highest BCUT2D eigenvalue weighted by Crippen LogP contribution is 2.19. The predicted octanol–water partition coefficient (Wildman–Crippen LogP) is 0.916. The Balaban J connectivity index is 1.69. The van der Waals surface area contributed by atoms with E-state index in [-0.39, 0.29) is 17.9 Å². The molecular weight excluding hydrogens is 216 g/mol. The van der Waals surface area contributed by atoms with Gasteiger partial charge in [0.15, 0.2) is 0 Å². The Bertz CT molecular complexity index is 260. The lowest BCUT2D eigenvalue weighted by molar-refractivity contribution is -0.127. The maximum absolute atomic E-state index is 12.0. The first-order valence-electron chi connectivity index (χ1n) is 6.79. The zero-order valence-electron chi connectivity index (χ0n) is 10.9. The van der Waals surface area contributed by atoms with Crippen LogP contribution in [-0.4, -0.2) is 37.7 Å². The third kappa shape index (κ3) is 3.42. The molecule has 2 fully saturated rings. The molecule has 2 heterocycles. The van der Waals surface area contributed by atoms with Crippen LogP contribution in [0.3, 0.4) is 0 Å². The lowest BCUT2D eigenvalue weighted by atomic mass is 9.88. The van der Waals surface area contributed by atoms with E-state index in [1.807, 2.05) is 6.92 Å². The average Bonchev–Trinajstić information content (AvgIpc) is 2.67. The number of hydrogen-bond donors (Lipinski definition) is 2. The van der Waals surface area contributed by atoms with Crippen molar-refractivity contribution in [1.82, 2.24) is 10.6 Å². The number of rotatable bonds is 5. The zero-order chi connectivity index (χ0) is 12.3. The zero-order valence-corrected chi connectivity index (χ0v) is 10.9. The van der Waals surface area contributed by atoms with E-state index in [1.54, 1.807) is 0 Å². The molecule has 2 saturated heterocycles. The molecule has 4 nitrogen and oxygen atoms in total. The van der Waals surface area contributed by atoms with Crippen LogP contribution in [0.5, 0.6) is 0 Å². The second kappa shape index (κ2) is 5.83. The Morgan fingerprint density at radius 1 is 1.47 bits per heavy atom. The van der Waals surface area contributed by atoms with Crippen molar-refractivity contribution < 1.29 is 9.53 Å². The minimum Gasteiger partial charge on any atom is -0.378 e. The summed E-state index contributed by atoms with van der Waals surface area (Å²) in [5.74, 6) is 0.843. The molecule has 98 valence electrons. The highest BCUT2D eigenvalue weighted by atomic mass is 16.5. The van der Waals surface area contributed by atoms with Gasteiger partial charge in [0.1, 0.15) is 0 Å². The number of ether oxygens (including phenoxy) is 1. The molecule has 0 bridgehead atoms. The molecule has 3 atom stereocenters. The quantitative estimate of drug-likeness (QED) is 0.751. The molecule has 1 amide bonds. The van der Waals surface area contributed by atoms with Gasteiger partial charge in [0, 0.05) is 18.6 Å². The minimum absolute atomic E-state index is 0.128. The number of carbonyl (C=O) groups is 1. The number of hydrogen-bond acceptors (Lipinski definition) is 3. The summed E-state index contributed by atoms with van der Waals surface area (Å²) < 4.78 is 5.58. The first-order valence-corrected chi connectivity index (χ1v) is 6.79. The molecule has 0 aromatic heterocycles. The van der Waals surface area contributed by atoms with Crippen molar-refractivity contribution in [2.45, 2.75) is 45.3 Å². The van der Waals surface area contributed by atoms with Gasteiger partial charge < -0.3 is 15.4 Å². The third-order valence-corrected chi connectivity index (χ3v) is 3.96. The maximum atomic E-state index is 12.0. The van der Waals surface area contributed by atoms with E-state index >= 15 is 0 Å². The van der Waals surface area contributed by atoms with Crippen LogP contribution < -0.4 is 10.6 Å². The second-order valence-corrected chi connectivity index (χ2v) is 5.49. The van der Waals surface area contributed by atoms with Crippen LogP contribution >= 0.6 is 0 Å². The molecule has 0 aliphatic carbocycles. The van der Waals surface area contributed by atoms with E-state index in [9.17, 15) is 4.79 Å². The van der Waals surface area contributed by atoms with Crippen LogP contribution in [0.2, 0.25) is 0 Å². The molecule has 3 unspecified atom stereocenters. The third-order valence-electron chi connectivity index (χ3n) is 3.96. The van der Waals surface area contributed by atoms with Crippen molar-refractivity contribution in [3.8, 4) is 0 Å². The van der Waals surface area contributed by atoms with Crippen molar-refractivity contribution in [3.05, 3.63) is 0 Å². The standard InChI is InChI=1S/C13H24N2O2/c1-9(6-12-4-3-5-17-12)15-13(16)10(2)11-7-14-8-11/h9-12,14H,3-8H2,1-2H3,(H,15,16). The Labute approximate surface area is 103 Å². The second-order valence-electron chi connectivity index (χ2n) is 5.49. The molecule has 2 aliphatic rings. The fourth-order valence-corrected chi connectivity index (χ4v) is 2.54. The van der Waals surface area contributed by atoms with Crippen molar-refractivity contribution >= 4 is 5.91 Å². The summed E-state index contributed by atoms with van der Waals surface area (Å²) in [5.41, 5.74) is 0. The summed E-state index contributed by atoms with van der Waals surface area (Å²) in [6.07, 6.45) is 3.60. The Morgan fingerprint density at radius 3 is 2.76 bits per heavy atom. The molecule has 4 heteroatoms. The van der Waals surface area contributed by atoms with Gasteiger partial charge in [-0.15, -0.1) is 0 Å². The molecule has 0 saturated carbocycles. The Hall–Kier alpha value is -0.610. The largest absolute Gasteiger partial charge is 0.378 e. The summed E-state index contributed by atoms with van der Waals surface area (Å²) >= 11 is 0. The minimum atomic E-state index is 0.128. The molecule has 0 spiro atoms. The maximum Gasteiger partial charge on any atom is 0.223 e. The highest BCUT2D eigenvalue weighted by molar-refractivity contribution is 5.79. The van der Waals surface area contributed by atoms with Gasteiger partial charge in [0.2, 0.25) is 5.91 Å². The van der Waals surface area contributed by atoms with Crippen molar-refractivity contribution in [3.63, 3.8) is 0 Å². The van der Waals surface area contributed by atoms with E-state index in [2.05, 4.69) is 17.6 Å². The Kier molecular flexibility index (Phi) is 4.40. The van der Waals surface area contributed by atoms with Crippen LogP contribution in [0.25, 0.3) is 0 Å². The van der Waals surface area contributed by atoms with Gasteiger partial charge in [-0.3, -0.25) is 4.79 Å². The van der Waals surface area contributed by atoms with E-state index < -0.39 is 0 Å². The predicted molar refractivity (Wildman–Crippen MR) is 66.7 cm³/mol. The molecule has 2 rings (SSSR count). The summed E-state index contributed by atoms with van der Waals surface area (Å²) in [5, 5.41) is 6.32. The fourth-order valence-electron chi connectivity index (χ4n) is 2.54. The lowest BCUT2D eigenvalue weighted by Crippen LogP contribution is -2.50. The number of nitrogens with one attached hydrogen (secondary N) is 2. The summed E-state index contributed by atoms with van der Waals surface area (Å²) in [7, 11) is 0. The molecule has 0 radical (unpaired) electrons. The first kappa shape index (κ1) is 12.8. The SMILES string of the molecule is CC(CC1CCCO1)NC(=O)C(C)C1CNC1. The first-order chi connectivity index (χ1) is 8.16. The molecule has 0 aromatic carbocycles. The van der Waals surface area contributed by atoms with Gasteiger partial charge in [-0.05, 0) is 45.2 Å². The average molecular weight is 240 g/mol. The Morgan fingerprint density at radius 2 is 2.24 bits per heavy atom. The van der Waals surface area contributed by atoms with E-state index in [1.165, 1.54) is 0 Å². The van der Waals surface area contributed by atoms with E-state index in [0.717, 1.165) is 39.0 Å². The molecule has 2 aliphatic heterocycles. The smallest absolute Gasteiger partial charge is 0.223 e. The van der Waals surface area contributed by atoms with Crippen LogP contribution in [0.4, 0.5) is 0 Å². The number of amides is 1. The topological polar surface area (TPSA) is 50.4 Å². The van der Waals surface area contributed by atoms with Gasteiger partial charge in [-0.1, -0.05) is 6.92 Å². The van der Waals surface area contributed by atoms with Gasteiger partial charge >= 0.3 is 0 Å². The lowest BCUT2D eigenvalue weighted by Gasteiger charge is -2.32. The van der Waals surface area contributed by atoms with Gasteiger partial charge in [-0.2, -0.15) is 0 Å². The van der Waals surface area contributed by atoms with Gasteiger partial charge in [0.25, 0.3) is 0 Å². The molecular formula is C13H24N2O2. The monoisotopic (exact) mass is 240 g/mol. The summed E-state index contributed by atoms with van der Waals surface area (Å²) in [4.78, 5) is 12.0. The fraction of sp³-hybridized carbons (Fsp3) is 0.923. The van der Waals surface area contributed by atoms with Crippen molar-refractivity contribution in [2.75, 3.05) is 19.7 Å². The van der Waals surface area contributed by atoms with Crippen molar-refractivity contribution in [2.24, 2.45) is 11.8 Å². The summed E-state index contributed by atoms with van der Waals surface area (Å²) in [6, 6.07) is 0.223. The molecule has 2 N–H and O–H groups in total. The van der Waals surface area contributed by atoms with E-state index in [4.69, 9.17) is 4.74 Å².